The van der Waals surface area contributed by atoms with Crippen LogP contribution in [0, 0.1) is 0 Å². The van der Waals surface area contributed by atoms with Crippen LogP contribution in [0.2, 0.25) is 0 Å². The normalized spacial score (nSPS) is 10.2. The van der Waals surface area contributed by atoms with Gasteiger partial charge in [0.1, 0.15) is 5.75 Å². The van der Waals surface area contributed by atoms with E-state index >= 15 is 0 Å². The van der Waals surface area contributed by atoms with Gasteiger partial charge in [-0.25, -0.2) is 4.79 Å². The maximum Gasteiger partial charge on any atom is 0.387 e. The Balaban J connectivity index is 1.94. The Hall–Kier alpha value is -3.49. The summed E-state index contributed by atoms with van der Waals surface area (Å²) in [6.07, 6.45) is 0. The van der Waals surface area contributed by atoms with Crippen LogP contribution in [0.25, 0.3) is 0 Å². The summed E-state index contributed by atoms with van der Waals surface area (Å²) in [5.74, 6) is -2.03. The number of rotatable bonds is 7. The number of benzene rings is 2. The van der Waals surface area contributed by atoms with Crippen molar-refractivity contribution in [3.63, 3.8) is 0 Å². The van der Waals surface area contributed by atoms with E-state index in [2.05, 4.69) is 15.4 Å². The van der Waals surface area contributed by atoms with Gasteiger partial charge in [-0.05, 0) is 30.3 Å². The number of ether oxygens (including phenoxy) is 2. The molecule has 0 unspecified atom stereocenters. The molecular weight excluding hydrogens is 362 g/mol. The summed E-state index contributed by atoms with van der Waals surface area (Å²) < 4.78 is 33.9. The molecule has 0 heterocycles. The molecule has 0 aliphatic heterocycles. The van der Waals surface area contributed by atoms with Gasteiger partial charge in [0, 0.05) is 12.6 Å². The average molecular weight is 378 g/mol. The van der Waals surface area contributed by atoms with Crippen LogP contribution in [0.15, 0.2) is 48.5 Å². The lowest BCUT2D eigenvalue weighted by Gasteiger charge is -2.12. The number of amides is 2. The second-order valence-corrected chi connectivity index (χ2v) is 5.26. The van der Waals surface area contributed by atoms with E-state index in [1.807, 2.05) is 0 Å². The summed E-state index contributed by atoms with van der Waals surface area (Å²) in [5, 5.41) is 4.85. The Morgan fingerprint density at radius 2 is 1.78 bits per heavy atom. The molecule has 0 saturated heterocycles. The van der Waals surface area contributed by atoms with Gasteiger partial charge < -0.3 is 20.1 Å². The first-order valence-corrected chi connectivity index (χ1v) is 7.73. The van der Waals surface area contributed by atoms with Gasteiger partial charge >= 0.3 is 12.6 Å². The highest BCUT2D eigenvalue weighted by Crippen LogP contribution is 2.25. The van der Waals surface area contributed by atoms with Crippen molar-refractivity contribution in [1.29, 1.82) is 0 Å². The molecule has 2 rings (SSSR count). The fourth-order valence-electron chi connectivity index (χ4n) is 2.10. The van der Waals surface area contributed by atoms with E-state index in [1.165, 1.54) is 43.3 Å². The van der Waals surface area contributed by atoms with Crippen LogP contribution in [-0.4, -0.2) is 31.0 Å². The van der Waals surface area contributed by atoms with Gasteiger partial charge in [0.25, 0.3) is 5.91 Å². The van der Waals surface area contributed by atoms with Crippen molar-refractivity contribution in [3.05, 3.63) is 54.1 Å². The molecular formula is C18H16F2N2O5. The Bertz CT molecular complexity index is 842. The number of nitrogens with one attached hydrogen (secondary N) is 2. The third-order valence-corrected chi connectivity index (χ3v) is 3.13. The molecule has 2 aromatic carbocycles. The van der Waals surface area contributed by atoms with Crippen LogP contribution in [0.5, 0.6) is 5.75 Å². The Labute approximate surface area is 153 Å². The zero-order valence-corrected chi connectivity index (χ0v) is 14.2. The number of para-hydroxylation sites is 2. The molecule has 2 amide bonds. The van der Waals surface area contributed by atoms with Crippen LogP contribution >= 0.6 is 0 Å². The van der Waals surface area contributed by atoms with Crippen molar-refractivity contribution in [2.24, 2.45) is 0 Å². The maximum absolute atomic E-state index is 12.4. The SMILES string of the molecule is CC(=O)Nc1cccc(C(=O)OCC(=O)Nc2ccccc2OC(F)F)c1. The van der Waals surface area contributed by atoms with Crippen LogP contribution in [0.3, 0.4) is 0 Å². The third-order valence-electron chi connectivity index (χ3n) is 3.13. The van der Waals surface area contributed by atoms with Crippen LogP contribution in [-0.2, 0) is 14.3 Å². The second-order valence-electron chi connectivity index (χ2n) is 5.26. The lowest BCUT2D eigenvalue weighted by Crippen LogP contribution is -2.21. The number of hydrogen-bond acceptors (Lipinski definition) is 5. The second kappa shape index (κ2) is 9.27. The summed E-state index contributed by atoms with van der Waals surface area (Å²) in [6.45, 7) is -2.35. The molecule has 0 aromatic heterocycles. The molecule has 142 valence electrons. The number of halogens is 2. The standard InChI is InChI=1S/C18H16F2N2O5/c1-11(23)21-13-6-4-5-12(9-13)17(25)26-10-16(24)22-14-7-2-3-8-15(14)27-18(19)20/h2-9,18H,10H2,1H3,(H,21,23)(H,22,24). The fourth-order valence-corrected chi connectivity index (χ4v) is 2.10. The third kappa shape index (κ3) is 6.38. The minimum Gasteiger partial charge on any atom is -0.452 e. The van der Waals surface area contributed by atoms with Crippen LogP contribution in [0.4, 0.5) is 20.2 Å². The zero-order valence-electron chi connectivity index (χ0n) is 14.2. The molecule has 7 nitrogen and oxygen atoms in total. The summed E-state index contributed by atoms with van der Waals surface area (Å²) >= 11 is 0. The largest absolute Gasteiger partial charge is 0.452 e. The first kappa shape index (κ1) is 19.8. The molecule has 0 radical (unpaired) electrons. The number of hydrogen-bond donors (Lipinski definition) is 2. The van der Waals surface area contributed by atoms with E-state index in [0.29, 0.717) is 5.69 Å². The van der Waals surface area contributed by atoms with Crippen molar-refractivity contribution >= 4 is 29.2 Å². The van der Waals surface area contributed by atoms with Crippen LogP contribution in [0.1, 0.15) is 17.3 Å². The number of carbonyl (C=O) groups excluding carboxylic acids is 3. The Kier molecular flexibility index (Phi) is 6.81. The van der Waals surface area contributed by atoms with E-state index in [0.717, 1.165) is 0 Å². The monoisotopic (exact) mass is 378 g/mol. The zero-order chi connectivity index (χ0) is 19.8. The highest BCUT2D eigenvalue weighted by Gasteiger charge is 2.14. The Morgan fingerprint density at radius 1 is 1.04 bits per heavy atom. The molecule has 0 aliphatic carbocycles. The molecule has 27 heavy (non-hydrogen) atoms. The Morgan fingerprint density at radius 3 is 2.48 bits per heavy atom. The summed E-state index contributed by atoms with van der Waals surface area (Å²) in [4.78, 5) is 35.0. The minimum absolute atomic E-state index is 0.0199. The van der Waals surface area contributed by atoms with Crippen molar-refractivity contribution in [2.75, 3.05) is 17.2 Å². The van der Waals surface area contributed by atoms with Crippen LogP contribution < -0.4 is 15.4 Å². The van der Waals surface area contributed by atoms with Gasteiger partial charge in [0.2, 0.25) is 5.91 Å². The first-order valence-electron chi connectivity index (χ1n) is 7.73. The molecule has 0 bridgehead atoms. The summed E-state index contributed by atoms with van der Waals surface area (Å²) in [5.41, 5.74) is 0.557. The predicted octanol–water partition coefficient (Wildman–Crippen LogP) is 3.04. The fraction of sp³-hybridized carbons (Fsp3) is 0.167. The topological polar surface area (TPSA) is 93.7 Å². The van der Waals surface area contributed by atoms with Crippen molar-refractivity contribution in [2.45, 2.75) is 13.5 Å². The molecule has 0 saturated carbocycles. The smallest absolute Gasteiger partial charge is 0.387 e. The summed E-state index contributed by atoms with van der Waals surface area (Å²) in [7, 11) is 0. The lowest BCUT2D eigenvalue weighted by atomic mass is 10.2. The van der Waals surface area contributed by atoms with Gasteiger partial charge in [-0.2, -0.15) is 8.78 Å². The average Bonchev–Trinajstić information content (AvgIpc) is 2.60. The van der Waals surface area contributed by atoms with Gasteiger partial charge in [-0.3, -0.25) is 9.59 Å². The minimum atomic E-state index is -3.04. The number of esters is 1. The number of anilines is 2. The highest BCUT2D eigenvalue weighted by molar-refractivity contribution is 5.97. The van der Waals surface area contributed by atoms with E-state index in [-0.39, 0.29) is 22.9 Å². The molecule has 0 fully saturated rings. The van der Waals surface area contributed by atoms with Gasteiger partial charge in [-0.1, -0.05) is 18.2 Å². The van der Waals surface area contributed by atoms with Gasteiger partial charge in [0.15, 0.2) is 6.61 Å². The van der Waals surface area contributed by atoms with Crippen molar-refractivity contribution in [1.82, 2.24) is 0 Å². The van der Waals surface area contributed by atoms with E-state index in [9.17, 15) is 23.2 Å². The molecule has 0 aliphatic rings. The maximum atomic E-state index is 12.4. The molecule has 0 spiro atoms. The van der Waals surface area contributed by atoms with Gasteiger partial charge in [-0.15, -0.1) is 0 Å². The van der Waals surface area contributed by atoms with E-state index in [1.54, 1.807) is 12.1 Å². The highest BCUT2D eigenvalue weighted by atomic mass is 19.3. The lowest BCUT2D eigenvalue weighted by molar-refractivity contribution is -0.119. The molecule has 0 atom stereocenters. The number of alkyl halides is 2. The van der Waals surface area contributed by atoms with Crippen molar-refractivity contribution < 1.29 is 32.6 Å². The molecule has 2 aromatic rings. The van der Waals surface area contributed by atoms with Gasteiger partial charge in [0.05, 0.1) is 11.3 Å². The van der Waals surface area contributed by atoms with E-state index in [4.69, 9.17) is 4.74 Å². The van der Waals surface area contributed by atoms with Crippen molar-refractivity contribution in [3.8, 4) is 5.75 Å². The van der Waals surface area contributed by atoms with E-state index < -0.39 is 25.1 Å². The quantitative estimate of drug-likeness (QED) is 0.723. The first-order chi connectivity index (χ1) is 12.8. The molecule has 9 heteroatoms. The summed E-state index contributed by atoms with van der Waals surface area (Å²) in [6, 6.07) is 11.6. The molecule has 2 N–H and O–H groups in total. The number of carbonyl (C=O) groups is 3. The predicted molar refractivity (Wildman–Crippen MR) is 92.7 cm³/mol.